The van der Waals surface area contributed by atoms with Crippen LogP contribution in [0.2, 0.25) is 0 Å². The average molecular weight is 204 g/mol. The van der Waals surface area contributed by atoms with Gasteiger partial charge in [0.2, 0.25) is 0 Å². The summed E-state index contributed by atoms with van der Waals surface area (Å²) in [5.74, 6) is 0. The van der Waals surface area contributed by atoms with Gasteiger partial charge in [0.25, 0.3) is 10.1 Å². The second kappa shape index (κ2) is 3.89. The second-order valence-electron chi connectivity index (χ2n) is 2.91. The van der Waals surface area contributed by atoms with Gasteiger partial charge in [-0.2, -0.15) is 8.42 Å². The first-order valence-electron chi connectivity index (χ1n) is 3.92. The molecule has 1 heterocycles. The van der Waals surface area contributed by atoms with Gasteiger partial charge in [-0.25, -0.2) is 4.98 Å². The topological polar surface area (TPSA) is 72.2 Å². The fraction of sp³-hybridized carbons (Fsp3) is 0.571. The Morgan fingerprint density at radius 2 is 2.31 bits per heavy atom. The normalized spacial score (nSPS) is 14.3. The van der Waals surface area contributed by atoms with Crippen LogP contribution in [0.5, 0.6) is 0 Å². The number of hydrogen-bond donors (Lipinski definition) is 1. The third-order valence-electron chi connectivity index (χ3n) is 1.86. The van der Waals surface area contributed by atoms with Crippen LogP contribution >= 0.6 is 0 Å². The molecule has 1 N–H and O–H groups in total. The van der Waals surface area contributed by atoms with Gasteiger partial charge in [-0.1, -0.05) is 0 Å². The first-order chi connectivity index (χ1) is 6.00. The summed E-state index contributed by atoms with van der Waals surface area (Å²) in [6, 6.07) is 0. The van der Waals surface area contributed by atoms with Crippen molar-refractivity contribution in [1.82, 2.24) is 9.55 Å². The Labute approximate surface area is 77.2 Å². The number of aromatic nitrogens is 2. The van der Waals surface area contributed by atoms with E-state index >= 15 is 0 Å². The zero-order valence-electron chi connectivity index (χ0n) is 7.29. The van der Waals surface area contributed by atoms with Gasteiger partial charge in [-0.05, 0) is 13.3 Å². The highest BCUT2D eigenvalue weighted by Crippen LogP contribution is 2.04. The van der Waals surface area contributed by atoms with E-state index < -0.39 is 15.4 Å². The van der Waals surface area contributed by atoms with Crippen molar-refractivity contribution in [3.8, 4) is 0 Å². The Kier molecular flexibility index (Phi) is 3.05. The average Bonchev–Trinajstić information content (AvgIpc) is 2.50. The molecule has 0 bridgehead atoms. The molecule has 1 aromatic rings. The zero-order chi connectivity index (χ0) is 9.90. The summed E-state index contributed by atoms with van der Waals surface area (Å²) in [7, 11) is -3.89. The summed E-state index contributed by atoms with van der Waals surface area (Å²) in [6.45, 7) is 2.02. The quantitative estimate of drug-likeness (QED) is 0.727. The monoisotopic (exact) mass is 204 g/mol. The first kappa shape index (κ1) is 10.2. The van der Waals surface area contributed by atoms with Crippen LogP contribution in [0.4, 0.5) is 0 Å². The third kappa shape index (κ3) is 3.16. The Hall–Kier alpha value is -0.880. The van der Waals surface area contributed by atoms with Crippen molar-refractivity contribution in [2.45, 2.75) is 25.1 Å². The largest absolute Gasteiger partial charge is 0.337 e. The van der Waals surface area contributed by atoms with Gasteiger partial charge in [0.1, 0.15) is 0 Å². The molecule has 6 heteroatoms. The Balaban J connectivity index is 2.44. The van der Waals surface area contributed by atoms with E-state index in [2.05, 4.69) is 4.98 Å². The van der Waals surface area contributed by atoms with Gasteiger partial charge in [0.15, 0.2) is 0 Å². The molecular formula is C7H12N2O3S. The second-order valence-corrected chi connectivity index (χ2v) is 4.75. The van der Waals surface area contributed by atoms with Crippen molar-refractivity contribution in [3.63, 3.8) is 0 Å². The molecule has 5 nitrogen and oxygen atoms in total. The summed E-state index contributed by atoms with van der Waals surface area (Å²) in [5.41, 5.74) is 0. The minimum absolute atomic E-state index is 0.384. The number of hydrogen-bond acceptors (Lipinski definition) is 3. The van der Waals surface area contributed by atoms with Crippen molar-refractivity contribution in [3.05, 3.63) is 18.7 Å². The van der Waals surface area contributed by atoms with Gasteiger partial charge < -0.3 is 4.57 Å². The Morgan fingerprint density at radius 1 is 1.62 bits per heavy atom. The molecule has 1 unspecified atom stereocenters. The maximum Gasteiger partial charge on any atom is 0.267 e. The first-order valence-corrected chi connectivity index (χ1v) is 5.42. The van der Waals surface area contributed by atoms with Crippen molar-refractivity contribution in [1.29, 1.82) is 0 Å². The van der Waals surface area contributed by atoms with Crippen molar-refractivity contribution in [2.24, 2.45) is 0 Å². The molecule has 13 heavy (non-hydrogen) atoms. The highest BCUT2D eigenvalue weighted by Gasteiger charge is 2.16. The van der Waals surface area contributed by atoms with Gasteiger partial charge in [0, 0.05) is 18.9 Å². The predicted octanol–water partition coefficient (Wildman–Crippen LogP) is 0.549. The number of nitrogens with zero attached hydrogens (tertiary/aromatic N) is 2. The molecule has 1 rings (SSSR count). The van der Waals surface area contributed by atoms with E-state index in [1.54, 1.807) is 23.3 Å². The van der Waals surface area contributed by atoms with E-state index in [1.165, 1.54) is 6.92 Å². The molecule has 0 radical (unpaired) electrons. The maximum absolute atomic E-state index is 10.6. The summed E-state index contributed by atoms with van der Waals surface area (Å²) < 4.78 is 31.7. The lowest BCUT2D eigenvalue weighted by atomic mass is 10.3. The third-order valence-corrected chi connectivity index (χ3v) is 3.11. The molecule has 1 atom stereocenters. The summed E-state index contributed by atoms with van der Waals surface area (Å²) in [4.78, 5) is 3.81. The number of imidazole rings is 1. The number of rotatable bonds is 4. The van der Waals surface area contributed by atoms with E-state index in [4.69, 9.17) is 4.55 Å². The number of aryl methyl sites for hydroxylation is 1. The molecule has 0 fully saturated rings. The molecule has 74 valence electrons. The van der Waals surface area contributed by atoms with E-state index in [1.807, 2.05) is 0 Å². The summed E-state index contributed by atoms with van der Waals surface area (Å²) in [5, 5.41) is -0.727. The van der Waals surface area contributed by atoms with Crippen LogP contribution in [0.1, 0.15) is 13.3 Å². The van der Waals surface area contributed by atoms with Crippen molar-refractivity contribution >= 4 is 10.1 Å². The molecule has 0 aliphatic heterocycles. The van der Waals surface area contributed by atoms with Gasteiger partial charge in [0.05, 0.1) is 11.6 Å². The summed E-state index contributed by atoms with van der Waals surface area (Å²) >= 11 is 0. The lowest BCUT2D eigenvalue weighted by molar-refractivity contribution is 0.460. The van der Waals surface area contributed by atoms with Crippen LogP contribution < -0.4 is 0 Å². The van der Waals surface area contributed by atoms with E-state index in [9.17, 15) is 8.42 Å². The predicted molar refractivity (Wildman–Crippen MR) is 47.9 cm³/mol. The maximum atomic E-state index is 10.6. The fourth-order valence-corrected chi connectivity index (χ4v) is 1.30. The summed E-state index contributed by atoms with van der Waals surface area (Å²) in [6.07, 6.45) is 5.36. The molecule has 0 saturated carbocycles. The smallest absolute Gasteiger partial charge is 0.267 e. The Morgan fingerprint density at radius 3 is 2.77 bits per heavy atom. The SMILES string of the molecule is CC(CCn1ccnc1)S(=O)(=O)O. The molecule has 0 spiro atoms. The standard InChI is InChI=1S/C7H12N2O3S/c1-7(13(10,11)12)2-4-9-5-3-8-6-9/h3,5-7H,2,4H2,1H3,(H,10,11,12). The fourth-order valence-electron chi connectivity index (χ4n) is 0.899. The van der Waals surface area contributed by atoms with Gasteiger partial charge in [-0.15, -0.1) is 0 Å². The molecule has 0 aromatic carbocycles. The lowest BCUT2D eigenvalue weighted by Gasteiger charge is -2.07. The Bertz CT molecular complexity index is 344. The van der Waals surface area contributed by atoms with E-state index in [0.29, 0.717) is 13.0 Å². The minimum atomic E-state index is -3.89. The molecule has 1 aromatic heterocycles. The molecule has 0 saturated heterocycles. The van der Waals surface area contributed by atoms with Crippen LogP contribution in [0.15, 0.2) is 18.7 Å². The highest BCUT2D eigenvalue weighted by atomic mass is 32.2. The van der Waals surface area contributed by atoms with Gasteiger partial charge in [-0.3, -0.25) is 4.55 Å². The molecule has 0 amide bonds. The molecular weight excluding hydrogens is 192 g/mol. The van der Waals surface area contributed by atoms with Gasteiger partial charge >= 0.3 is 0 Å². The van der Waals surface area contributed by atoms with E-state index in [-0.39, 0.29) is 0 Å². The molecule has 0 aliphatic carbocycles. The molecule has 0 aliphatic rings. The minimum Gasteiger partial charge on any atom is -0.337 e. The highest BCUT2D eigenvalue weighted by molar-refractivity contribution is 7.86. The van der Waals surface area contributed by atoms with Crippen LogP contribution in [0, 0.1) is 0 Å². The van der Waals surface area contributed by atoms with Crippen LogP contribution in [-0.4, -0.2) is 27.8 Å². The van der Waals surface area contributed by atoms with E-state index in [0.717, 1.165) is 0 Å². The van der Waals surface area contributed by atoms with Crippen LogP contribution in [-0.2, 0) is 16.7 Å². The van der Waals surface area contributed by atoms with Crippen LogP contribution in [0.3, 0.4) is 0 Å². The lowest BCUT2D eigenvalue weighted by Crippen LogP contribution is -2.18. The van der Waals surface area contributed by atoms with Crippen molar-refractivity contribution < 1.29 is 13.0 Å². The zero-order valence-corrected chi connectivity index (χ0v) is 8.11. The van der Waals surface area contributed by atoms with Crippen LogP contribution in [0.25, 0.3) is 0 Å². The van der Waals surface area contributed by atoms with Crippen molar-refractivity contribution in [2.75, 3.05) is 0 Å².